The van der Waals surface area contributed by atoms with Crippen LogP contribution in [0.2, 0.25) is 0 Å². The second-order valence-electron chi connectivity index (χ2n) is 4.63. The monoisotopic (exact) mass is 214 g/mol. The molecule has 1 saturated heterocycles. The van der Waals surface area contributed by atoms with Crippen LogP contribution in [0.4, 0.5) is 0 Å². The summed E-state index contributed by atoms with van der Waals surface area (Å²) in [6.45, 7) is 5.93. The van der Waals surface area contributed by atoms with E-state index in [-0.39, 0.29) is 24.0 Å². The highest BCUT2D eigenvalue weighted by Crippen LogP contribution is 2.34. The van der Waals surface area contributed by atoms with Crippen LogP contribution in [0.5, 0.6) is 0 Å². The number of piperidine rings is 1. The number of carbonyl (C=O) groups is 1. The molecule has 1 heterocycles. The average Bonchev–Trinajstić information content (AvgIpc) is 2.28. The molecule has 1 aliphatic rings. The summed E-state index contributed by atoms with van der Waals surface area (Å²) in [5.41, 5.74) is 5.35. The molecule has 4 nitrogen and oxygen atoms in total. The van der Waals surface area contributed by atoms with E-state index in [1.807, 2.05) is 6.92 Å². The zero-order valence-electron chi connectivity index (χ0n) is 9.70. The minimum atomic E-state index is -0.261. The summed E-state index contributed by atoms with van der Waals surface area (Å²) in [7, 11) is 0. The van der Waals surface area contributed by atoms with Crippen molar-refractivity contribution in [3.8, 4) is 0 Å². The number of likely N-dealkylation sites (tertiary alicyclic amines) is 1. The van der Waals surface area contributed by atoms with Crippen molar-refractivity contribution in [1.29, 1.82) is 0 Å². The number of rotatable bonds is 4. The number of nitrogens with two attached hydrogens (primary N) is 1. The first-order valence-corrected chi connectivity index (χ1v) is 5.69. The number of hydrogen-bond acceptors (Lipinski definition) is 3. The molecule has 0 bridgehead atoms. The number of carbonyl (C=O) groups excluding carboxylic acids is 1. The van der Waals surface area contributed by atoms with Crippen LogP contribution in [-0.4, -0.2) is 41.7 Å². The molecule has 1 rings (SSSR count). The van der Waals surface area contributed by atoms with Crippen LogP contribution in [0.1, 0.15) is 33.1 Å². The van der Waals surface area contributed by atoms with Gasteiger partial charge < -0.3 is 10.8 Å². The lowest BCUT2D eigenvalue weighted by molar-refractivity contribution is -0.123. The lowest BCUT2D eigenvalue weighted by Gasteiger charge is -2.41. The number of nitrogens with zero attached hydrogens (tertiary/aromatic N) is 1. The topological polar surface area (TPSA) is 66.6 Å². The predicted octanol–water partition coefficient (Wildman–Crippen LogP) is 0.345. The molecule has 15 heavy (non-hydrogen) atoms. The summed E-state index contributed by atoms with van der Waals surface area (Å²) in [6, 6.07) is -0.182. The Balaban J connectivity index is 2.51. The molecule has 88 valence electrons. The molecule has 0 aromatic rings. The van der Waals surface area contributed by atoms with Crippen LogP contribution in [-0.2, 0) is 4.79 Å². The van der Waals surface area contributed by atoms with Gasteiger partial charge in [0.25, 0.3) is 0 Å². The minimum Gasteiger partial charge on any atom is -0.396 e. The molecule has 0 aliphatic carbocycles. The van der Waals surface area contributed by atoms with Gasteiger partial charge in [0, 0.05) is 6.61 Å². The summed E-state index contributed by atoms with van der Waals surface area (Å²) in [5.74, 6) is -0.261. The highest BCUT2D eigenvalue weighted by atomic mass is 16.3. The van der Waals surface area contributed by atoms with Crippen LogP contribution in [0.15, 0.2) is 0 Å². The van der Waals surface area contributed by atoms with Crippen molar-refractivity contribution in [2.75, 3.05) is 19.7 Å². The smallest absolute Gasteiger partial charge is 0.234 e. The molecule has 1 amide bonds. The Morgan fingerprint density at radius 1 is 1.53 bits per heavy atom. The van der Waals surface area contributed by atoms with Gasteiger partial charge in [0.15, 0.2) is 0 Å². The van der Waals surface area contributed by atoms with Gasteiger partial charge >= 0.3 is 0 Å². The highest BCUT2D eigenvalue weighted by Gasteiger charge is 2.34. The van der Waals surface area contributed by atoms with Crippen molar-refractivity contribution in [1.82, 2.24) is 4.90 Å². The van der Waals surface area contributed by atoms with Crippen LogP contribution in [0.3, 0.4) is 0 Å². The van der Waals surface area contributed by atoms with E-state index >= 15 is 0 Å². The maximum absolute atomic E-state index is 11.0. The van der Waals surface area contributed by atoms with Crippen molar-refractivity contribution < 1.29 is 9.90 Å². The maximum Gasteiger partial charge on any atom is 0.234 e. The molecule has 0 aromatic heterocycles. The maximum atomic E-state index is 11.0. The number of hydrogen-bond donors (Lipinski definition) is 2. The fourth-order valence-electron chi connectivity index (χ4n) is 2.19. The van der Waals surface area contributed by atoms with Gasteiger partial charge in [-0.15, -0.1) is 0 Å². The lowest BCUT2D eigenvalue weighted by Crippen LogP contribution is -2.49. The third-order valence-corrected chi connectivity index (χ3v) is 3.90. The van der Waals surface area contributed by atoms with E-state index in [0.717, 1.165) is 32.4 Å². The van der Waals surface area contributed by atoms with Crippen molar-refractivity contribution in [3.63, 3.8) is 0 Å². The van der Waals surface area contributed by atoms with Crippen LogP contribution < -0.4 is 5.73 Å². The molecule has 1 aliphatic heterocycles. The number of primary amides is 1. The molecular weight excluding hydrogens is 192 g/mol. The molecule has 0 spiro atoms. The molecule has 3 N–H and O–H groups in total. The van der Waals surface area contributed by atoms with Gasteiger partial charge in [0.2, 0.25) is 5.91 Å². The Morgan fingerprint density at radius 3 is 2.40 bits per heavy atom. The van der Waals surface area contributed by atoms with Crippen LogP contribution >= 0.6 is 0 Å². The molecule has 1 unspecified atom stereocenters. The van der Waals surface area contributed by atoms with Gasteiger partial charge in [0.1, 0.15) is 0 Å². The van der Waals surface area contributed by atoms with Crippen molar-refractivity contribution in [2.45, 2.75) is 39.2 Å². The Bertz CT molecular complexity index is 217. The van der Waals surface area contributed by atoms with Crippen molar-refractivity contribution >= 4 is 5.91 Å². The predicted molar refractivity (Wildman–Crippen MR) is 59.3 cm³/mol. The standard InChI is InChI=1S/C11H22N2O2/c1-3-11(8-14)4-6-13(7-5-11)9(2)10(12)15/h9,14H,3-8H2,1-2H3,(H2,12,15). The van der Waals surface area contributed by atoms with Gasteiger partial charge in [-0.05, 0) is 44.7 Å². The SMILES string of the molecule is CCC1(CO)CCN(C(C)C(N)=O)CC1. The zero-order valence-corrected chi connectivity index (χ0v) is 9.70. The Morgan fingerprint density at radius 2 is 2.07 bits per heavy atom. The van der Waals surface area contributed by atoms with Crippen molar-refractivity contribution in [2.24, 2.45) is 11.1 Å². The van der Waals surface area contributed by atoms with Gasteiger partial charge in [-0.3, -0.25) is 9.69 Å². The summed E-state index contributed by atoms with van der Waals surface area (Å²) in [5, 5.41) is 9.37. The van der Waals surface area contributed by atoms with E-state index in [2.05, 4.69) is 11.8 Å². The van der Waals surface area contributed by atoms with Gasteiger partial charge in [-0.1, -0.05) is 6.92 Å². The van der Waals surface area contributed by atoms with Crippen molar-refractivity contribution in [3.05, 3.63) is 0 Å². The highest BCUT2D eigenvalue weighted by molar-refractivity contribution is 5.79. The average molecular weight is 214 g/mol. The van der Waals surface area contributed by atoms with Gasteiger partial charge in [-0.2, -0.15) is 0 Å². The summed E-state index contributed by atoms with van der Waals surface area (Å²) < 4.78 is 0. The zero-order chi connectivity index (χ0) is 11.5. The Hall–Kier alpha value is -0.610. The van der Waals surface area contributed by atoms with Gasteiger partial charge in [-0.25, -0.2) is 0 Å². The summed E-state index contributed by atoms with van der Waals surface area (Å²) in [6.07, 6.45) is 2.91. The molecule has 4 heteroatoms. The van der Waals surface area contributed by atoms with Crippen LogP contribution in [0.25, 0.3) is 0 Å². The lowest BCUT2D eigenvalue weighted by atomic mass is 9.77. The second kappa shape index (κ2) is 4.94. The van der Waals surface area contributed by atoms with E-state index < -0.39 is 0 Å². The van der Waals surface area contributed by atoms with E-state index in [9.17, 15) is 9.90 Å². The first kappa shape index (κ1) is 12.5. The number of amides is 1. The molecule has 0 radical (unpaired) electrons. The first-order valence-electron chi connectivity index (χ1n) is 5.69. The summed E-state index contributed by atoms with van der Waals surface area (Å²) in [4.78, 5) is 13.1. The van der Waals surface area contributed by atoms with E-state index in [1.54, 1.807) is 0 Å². The largest absolute Gasteiger partial charge is 0.396 e. The number of aliphatic hydroxyl groups is 1. The molecule has 1 fully saturated rings. The molecule has 0 aromatic carbocycles. The molecule has 1 atom stereocenters. The first-order chi connectivity index (χ1) is 7.04. The molecule has 0 saturated carbocycles. The Kier molecular flexibility index (Phi) is 4.11. The number of aliphatic hydroxyl groups excluding tert-OH is 1. The third-order valence-electron chi connectivity index (χ3n) is 3.90. The van der Waals surface area contributed by atoms with E-state index in [4.69, 9.17) is 5.73 Å². The van der Waals surface area contributed by atoms with E-state index in [1.165, 1.54) is 0 Å². The molecular formula is C11H22N2O2. The van der Waals surface area contributed by atoms with Gasteiger partial charge in [0.05, 0.1) is 6.04 Å². The quantitative estimate of drug-likeness (QED) is 0.709. The third kappa shape index (κ3) is 2.69. The Labute approximate surface area is 91.4 Å². The van der Waals surface area contributed by atoms with E-state index in [0.29, 0.717) is 0 Å². The fraction of sp³-hybridized carbons (Fsp3) is 0.909. The summed E-state index contributed by atoms with van der Waals surface area (Å²) >= 11 is 0. The minimum absolute atomic E-state index is 0.0772. The van der Waals surface area contributed by atoms with Crippen LogP contribution in [0, 0.1) is 5.41 Å². The fourth-order valence-corrected chi connectivity index (χ4v) is 2.19. The normalized spacial score (nSPS) is 23.7. The second-order valence-corrected chi connectivity index (χ2v) is 4.63.